The Labute approximate surface area is 126 Å². The topological polar surface area (TPSA) is 43.4 Å². The number of aryl methyl sites for hydroxylation is 1. The summed E-state index contributed by atoms with van der Waals surface area (Å²) in [5, 5.41) is 3.35. The minimum Gasteiger partial charge on any atom is -0.497 e. The predicted octanol–water partition coefficient (Wildman–Crippen LogP) is 2.99. The molecule has 0 bridgehead atoms. The van der Waals surface area contributed by atoms with E-state index in [1.807, 2.05) is 43.6 Å². The monoisotopic (exact) mass is 286 g/mol. The Hall–Kier alpha value is -2.07. The molecule has 0 aliphatic carbocycles. The number of hydrogen-bond donors (Lipinski definition) is 1. The van der Waals surface area contributed by atoms with Gasteiger partial charge < -0.3 is 14.8 Å². The van der Waals surface area contributed by atoms with Crippen LogP contribution in [-0.4, -0.2) is 26.3 Å². The van der Waals surface area contributed by atoms with Gasteiger partial charge >= 0.3 is 0 Å². The van der Waals surface area contributed by atoms with Gasteiger partial charge in [-0.1, -0.05) is 6.07 Å². The van der Waals surface area contributed by atoms with E-state index in [1.54, 1.807) is 14.2 Å². The molecule has 2 rings (SSSR count). The molecule has 0 amide bonds. The maximum atomic E-state index is 5.47. The van der Waals surface area contributed by atoms with Gasteiger partial charge in [0.25, 0.3) is 0 Å². The lowest BCUT2D eigenvalue weighted by atomic mass is 9.99. The number of aromatic nitrogens is 1. The van der Waals surface area contributed by atoms with Gasteiger partial charge in [0.15, 0.2) is 0 Å². The van der Waals surface area contributed by atoms with Gasteiger partial charge in [-0.15, -0.1) is 0 Å². The van der Waals surface area contributed by atoms with Gasteiger partial charge in [0, 0.05) is 23.5 Å². The van der Waals surface area contributed by atoms with Crippen LogP contribution >= 0.6 is 0 Å². The van der Waals surface area contributed by atoms with Crippen LogP contribution in [0.5, 0.6) is 11.5 Å². The van der Waals surface area contributed by atoms with Crippen molar-refractivity contribution in [1.82, 2.24) is 10.3 Å². The number of rotatable bonds is 7. The third-order valence-electron chi connectivity index (χ3n) is 3.58. The maximum Gasteiger partial charge on any atom is 0.123 e. The van der Waals surface area contributed by atoms with Crippen LogP contribution in [0.15, 0.2) is 42.6 Å². The largest absolute Gasteiger partial charge is 0.497 e. The SMILES string of the molecule is CNC(CCc1ccccn1)c1cc(OC)ccc1OC. The molecule has 2 aromatic rings. The molecule has 112 valence electrons. The van der Waals surface area contributed by atoms with Crippen molar-refractivity contribution in [3.63, 3.8) is 0 Å². The average molecular weight is 286 g/mol. The van der Waals surface area contributed by atoms with Crippen LogP contribution in [0.3, 0.4) is 0 Å². The van der Waals surface area contributed by atoms with E-state index in [4.69, 9.17) is 9.47 Å². The molecular formula is C17H22N2O2. The maximum absolute atomic E-state index is 5.47. The lowest BCUT2D eigenvalue weighted by Crippen LogP contribution is -2.18. The third kappa shape index (κ3) is 3.95. The van der Waals surface area contributed by atoms with Crippen molar-refractivity contribution in [3.8, 4) is 11.5 Å². The summed E-state index contributed by atoms with van der Waals surface area (Å²) < 4.78 is 10.8. The molecule has 0 radical (unpaired) electrons. The highest BCUT2D eigenvalue weighted by atomic mass is 16.5. The molecule has 1 aromatic heterocycles. The van der Waals surface area contributed by atoms with Crippen molar-refractivity contribution >= 4 is 0 Å². The summed E-state index contributed by atoms with van der Waals surface area (Å²) in [6, 6.07) is 12.1. The van der Waals surface area contributed by atoms with Gasteiger partial charge in [-0.05, 0) is 50.2 Å². The van der Waals surface area contributed by atoms with Crippen LogP contribution in [0.25, 0.3) is 0 Å². The van der Waals surface area contributed by atoms with Crippen molar-refractivity contribution < 1.29 is 9.47 Å². The molecule has 0 saturated heterocycles. The highest BCUT2D eigenvalue weighted by molar-refractivity contribution is 5.42. The molecule has 0 aliphatic heterocycles. The smallest absolute Gasteiger partial charge is 0.123 e. The normalized spacial score (nSPS) is 12.0. The summed E-state index contributed by atoms with van der Waals surface area (Å²) in [4.78, 5) is 4.37. The molecule has 1 unspecified atom stereocenters. The summed E-state index contributed by atoms with van der Waals surface area (Å²) in [6.45, 7) is 0. The van der Waals surface area contributed by atoms with Crippen LogP contribution in [0.2, 0.25) is 0 Å². The van der Waals surface area contributed by atoms with E-state index < -0.39 is 0 Å². The van der Waals surface area contributed by atoms with Crippen LogP contribution in [-0.2, 0) is 6.42 Å². The van der Waals surface area contributed by atoms with E-state index in [-0.39, 0.29) is 6.04 Å². The number of benzene rings is 1. The first-order chi connectivity index (χ1) is 10.3. The van der Waals surface area contributed by atoms with Gasteiger partial charge in [0.05, 0.1) is 14.2 Å². The highest BCUT2D eigenvalue weighted by Gasteiger charge is 2.15. The number of methoxy groups -OCH3 is 2. The Balaban J connectivity index is 2.16. The van der Waals surface area contributed by atoms with E-state index in [9.17, 15) is 0 Å². The summed E-state index contributed by atoms with van der Waals surface area (Å²) in [7, 11) is 5.33. The second-order valence-electron chi connectivity index (χ2n) is 4.81. The second kappa shape index (κ2) is 7.64. The fraction of sp³-hybridized carbons (Fsp3) is 0.353. The lowest BCUT2D eigenvalue weighted by molar-refractivity contribution is 0.389. The van der Waals surface area contributed by atoms with Gasteiger partial charge in [0.2, 0.25) is 0 Å². The Bertz CT molecular complexity index is 558. The van der Waals surface area contributed by atoms with E-state index in [0.29, 0.717) is 0 Å². The zero-order chi connectivity index (χ0) is 15.1. The third-order valence-corrected chi connectivity index (χ3v) is 3.58. The number of nitrogens with one attached hydrogen (secondary N) is 1. The van der Waals surface area contributed by atoms with Crippen LogP contribution < -0.4 is 14.8 Å². The number of ether oxygens (including phenoxy) is 2. The average Bonchev–Trinajstić information content (AvgIpc) is 2.56. The van der Waals surface area contributed by atoms with Crippen molar-refractivity contribution in [2.24, 2.45) is 0 Å². The summed E-state index contributed by atoms with van der Waals surface area (Å²) in [5.74, 6) is 1.71. The first kappa shape index (κ1) is 15.3. The van der Waals surface area contributed by atoms with Gasteiger partial charge in [-0.3, -0.25) is 4.98 Å². The van der Waals surface area contributed by atoms with Gasteiger partial charge in [-0.25, -0.2) is 0 Å². The molecule has 4 nitrogen and oxygen atoms in total. The minimum atomic E-state index is 0.192. The summed E-state index contributed by atoms with van der Waals surface area (Å²) >= 11 is 0. The second-order valence-corrected chi connectivity index (χ2v) is 4.81. The molecular weight excluding hydrogens is 264 g/mol. The van der Waals surface area contributed by atoms with Crippen molar-refractivity contribution in [1.29, 1.82) is 0 Å². The standard InChI is InChI=1S/C17H22N2O2/c1-18-16(9-7-13-6-4-5-11-19-13)15-12-14(20-2)8-10-17(15)21-3/h4-6,8,10-12,16,18H,7,9H2,1-3H3. The van der Waals surface area contributed by atoms with Crippen molar-refractivity contribution in [2.75, 3.05) is 21.3 Å². The molecule has 0 saturated carbocycles. The molecule has 1 N–H and O–H groups in total. The fourth-order valence-corrected chi connectivity index (χ4v) is 2.41. The van der Waals surface area contributed by atoms with E-state index in [2.05, 4.69) is 16.4 Å². The molecule has 4 heteroatoms. The summed E-state index contributed by atoms with van der Waals surface area (Å²) in [5.41, 5.74) is 2.20. The minimum absolute atomic E-state index is 0.192. The Morgan fingerprint density at radius 3 is 2.62 bits per heavy atom. The lowest BCUT2D eigenvalue weighted by Gasteiger charge is -2.20. The first-order valence-corrected chi connectivity index (χ1v) is 7.07. The van der Waals surface area contributed by atoms with Crippen LogP contribution in [0.1, 0.15) is 23.7 Å². The molecule has 1 aromatic carbocycles. The Morgan fingerprint density at radius 2 is 2.00 bits per heavy atom. The summed E-state index contributed by atoms with van der Waals surface area (Å²) in [6.07, 6.45) is 3.68. The molecule has 21 heavy (non-hydrogen) atoms. The van der Waals surface area contributed by atoms with Crippen molar-refractivity contribution in [3.05, 3.63) is 53.9 Å². The Kier molecular flexibility index (Phi) is 5.58. The zero-order valence-electron chi connectivity index (χ0n) is 12.8. The molecule has 0 fully saturated rings. The number of hydrogen-bond acceptors (Lipinski definition) is 4. The van der Waals surface area contributed by atoms with E-state index in [1.165, 1.54) is 0 Å². The van der Waals surface area contributed by atoms with E-state index >= 15 is 0 Å². The van der Waals surface area contributed by atoms with Gasteiger partial charge in [0.1, 0.15) is 11.5 Å². The van der Waals surface area contributed by atoms with Gasteiger partial charge in [-0.2, -0.15) is 0 Å². The number of nitrogens with zero attached hydrogens (tertiary/aromatic N) is 1. The quantitative estimate of drug-likeness (QED) is 0.849. The zero-order valence-corrected chi connectivity index (χ0v) is 12.8. The van der Waals surface area contributed by atoms with Crippen molar-refractivity contribution in [2.45, 2.75) is 18.9 Å². The molecule has 0 aliphatic rings. The van der Waals surface area contributed by atoms with Crippen LogP contribution in [0, 0.1) is 0 Å². The predicted molar refractivity (Wildman–Crippen MR) is 83.9 cm³/mol. The van der Waals surface area contributed by atoms with Crippen LogP contribution in [0.4, 0.5) is 0 Å². The molecule has 1 heterocycles. The Morgan fingerprint density at radius 1 is 1.14 bits per heavy atom. The fourth-order valence-electron chi connectivity index (χ4n) is 2.41. The molecule has 0 spiro atoms. The highest BCUT2D eigenvalue weighted by Crippen LogP contribution is 2.31. The first-order valence-electron chi connectivity index (χ1n) is 7.07. The molecule has 1 atom stereocenters. The number of pyridine rings is 1. The van der Waals surface area contributed by atoms with E-state index in [0.717, 1.165) is 35.6 Å².